The largest absolute Gasteiger partial charge is 0.395 e. The van der Waals surface area contributed by atoms with E-state index in [4.69, 9.17) is 10.8 Å². The number of aliphatic hydroxyl groups excluding tert-OH is 1. The van der Waals surface area contributed by atoms with E-state index in [1.807, 2.05) is 13.8 Å². The second-order valence-electron chi connectivity index (χ2n) is 3.43. The summed E-state index contributed by atoms with van der Waals surface area (Å²) in [5, 5.41) is 15.5. The Labute approximate surface area is 94.4 Å². The second kappa shape index (κ2) is 5.50. The molecule has 1 aromatic heterocycles. The Morgan fingerprint density at radius 1 is 1.56 bits per heavy atom. The molecule has 1 aromatic rings. The predicted octanol–water partition coefficient (Wildman–Crippen LogP) is 0.00870. The van der Waals surface area contributed by atoms with Crippen LogP contribution in [0, 0.1) is 0 Å². The van der Waals surface area contributed by atoms with Crippen LogP contribution in [0.5, 0.6) is 0 Å². The van der Waals surface area contributed by atoms with Gasteiger partial charge < -0.3 is 15.7 Å². The van der Waals surface area contributed by atoms with Gasteiger partial charge in [-0.15, -0.1) is 0 Å². The summed E-state index contributed by atoms with van der Waals surface area (Å²) in [6.07, 6.45) is 0.707. The molecule has 0 unspecified atom stereocenters. The molecule has 0 bridgehead atoms. The van der Waals surface area contributed by atoms with E-state index >= 15 is 0 Å². The standard InChI is InChI=1S/C10H18N4O2/c1-3-7-8(11)9(13-12-7)10(16)14(4-2)5-6-15/h15H,3-6,11H2,1-2H3,(H,12,13). The van der Waals surface area contributed by atoms with Crippen molar-refractivity contribution in [2.24, 2.45) is 0 Å². The third-order valence-electron chi connectivity index (χ3n) is 2.48. The zero-order valence-electron chi connectivity index (χ0n) is 9.66. The van der Waals surface area contributed by atoms with Gasteiger partial charge in [-0.1, -0.05) is 6.92 Å². The van der Waals surface area contributed by atoms with Crippen LogP contribution in [-0.2, 0) is 6.42 Å². The minimum atomic E-state index is -0.245. The zero-order valence-corrected chi connectivity index (χ0v) is 9.66. The average Bonchev–Trinajstić information content (AvgIpc) is 2.66. The Bertz CT molecular complexity index is 362. The quantitative estimate of drug-likeness (QED) is 0.659. The fourth-order valence-electron chi connectivity index (χ4n) is 1.49. The molecule has 4 N–H and O–H groups in total. The highest BCUT2D eigenvalue weighted by Gasteiger charge is 2.20. The summed E-state index contributed by atoms with van der Waals surface area (Å²) >= 11 is 0. The summed E-state index contributed by atoms with van der Waals surface area (Å²) in [6.45, 7) is 4.53. The Morgan fingerprint density at radius 2 is 2.25 bits per heavy atom. The van der Waals surface area contributed by atoms with Gasteiger partial charge in [-0.05, 0) is 13.3 Å². The number of nitrogens with one attached hydrogen (secondary N) is 1. The molecule has 0 fully saturated rings. The minimum absolute atomic E-state index is 0.0649. The van der Waals surface area contributed by atoms with E-state index < -0.39 is 0 Å². The van der Waals surface area contributed by atoms with E-state index in [0.29, 0.717) is 25.2 Å². The summed E-state index contributed by atoms with van der Waals surface area (Å²) in [4.78, 5) is 13.5. The van der Waals surface area contributed by atoms with Gasteiger partial charge in [0.25, 0.3) is 5.91 Å². The molecule has 6 heteroatoms. The molecule has 0 saturated heterocycles. The van der Waals surface area contributed by atoms with E-state index in [0.717, 1.165) is 5.69 Å². The average molecular weight is 226 g/mol. The van der Waals surface area contributed by atoms with Gasteiger partial charge >= 0.3 is 0 Å². The molecule has 1 amide bonds. The van der Waals surface area contributed by atoms with Crippen molar-refractivity contribution in [1.82, 2.24) is 15.1 Å². The first-order valence-electron chi connectivity index (χ1n) is 5.38. The number of hydrogen-bond donors (Lipinski definition) is 3. The van der Waals surface area contributed by atoms with Crippen molar-refractivity contribution in [3.05, 3.63) is 11.4 Å². The highest BCUT2D eigenvalue weighted by atomic mass is 16.3. The van der Waals surface area contributed by atoms with Gasteiger partial charge in [0.05, 0.1) is 18.0 Å². The van der Waals surface area contributed by atoms with Gasteiger partial charge in [-0.2, -0.15) is 5.10 Å². The molecule has 0 saturated carbocycles. The molecule has 6 nitrogen and oxygen atoms in total. The second-order valence-corrected chi connectivity index (χ2v) is 3.43. The Hall–Kier alpha value is -1.56. The van der Waals surface area contributed by atoms with Gasteiger partial charge in [-0.3, -0.25) is 9.89 Å². The number of nitrogens with two attached hydrogens (primary N) is 1. The number of anilines is 1. The van der Waals surface area contributed by atoms with Crippen molar-refractivity contribution >= 4 is 11.6 Å². The van der Waals surface area contributed by atoms with Crippen molar-refractivity contribution in [2.75, 3.05) is 25.4 Å². The van der Waals surface area contributed by atoms with Gasteiger partial charge in [0.15, 0.2) is 5.69 Å². The number of carbonyl (C=O) groups excluding carboxylic acids is 1. The molecule has 0 aliphatic carbocycles. The highest BCUT2D eigenvalue weighted by Crippen LogP contribution is 2.16. The Kier molecular flexibility index (Phi) is 4.30. The molecule has 0 atom stereocenters. The number of nitrogens with zero attached hydrogens (tertiary/aromatic N) is 2. The number of H-pyrrole nitrogens is 1. The molecule has 0 radical (unpaired) electrons. The SMILES string of the molecule is CCc1[nH]nc(C(=O)N(CC)CCO)c1N. The molecular formula is C10H18N4O2. The summed E-state index contributed by atoms with van der Waals surface area (Å²) in [6, 6.07) is 0. The van der Waals surface area contributed by atoms with Gasteiger partial charge in [0.2, 0.25) is 0 Å². The normalized spacial score (nSPS) is 10.4. The van der Waals surface area contributed by atoms with E-state index in [1.54, 1.807) is 0 Å². The number of aromatic amines is 1. The molecular weight excluding hydrogens is 208 g/mol. The lowest BCUT2D eigenvalue weighted by Crippen LogP contribution is -2.34. The zero-order chi connectivity index (χ0) is 12.1. The molecule has 0 aliphatic heterocycles. The van der Waals surface area contributed by atoms with Crippen molar-refractivity contribution < 1.29 is 9.90 Å². The minimum Gasteiger partial charge on any atom is -0.395 e. The van der Waals surface area contributed by atoms with Crippen LogP contribution in [0.1, 0.15) is 30.0 Å². The number of aryl methyl sites for hydroxylation is 1. The lowest BCUT2D eigenvalue weighted by atomic mass is 10.2. The number of hydrogen-bond acceptors (Lipinski definition) is 4. The number of nitrogen functional groups attached to an aromatic ring is 1. The maximum absolute atomic E-state index is 12.0. The Balaban J connectivity index is 2.90. The monoisotopic (exact) mass is 226 g/mol. The first-order chi connectivity index (χ1) is 7.65. The van der Waals surface area contributed by atoms with Crippen LogP contribution >= 0.6 is 0 Å². The fraction of sp³-hybridized carbons (Fsp3) is 0.600. The van der Waals surface area contributed by atoms with Crippen molar-refractivity contribution in [2.45, 2.75) is 20.3 Å². The molecule has 90 valence electrons. The number of likely N-dealkylation sites (N-methyl/N-ethyl adjacent to an activating group) is 1. The summed E-state index contributed by atoms with van der Waals surface area (Å²) in [5.74, 6) is -0.245. The molecule has 1 rings (SSSR count). The van der Waals surface area contributed by atoms with Gasteiger partial charge in [0, 0.05) is 13.1 Å². The van der Waals surface area contributed by atoms with Crippen LogP contribution < -0.4 is 5.73 Å². The lowest BCUT2D eigenvalue weighted by Gasteiger charge is -2.18. The van der Waals surface area contributed by atoms with Crippen LogP contribution in [0.2, 0.25) is 0 Å². The number of aromatic nitrogens is 2. The number of rotatable bonds is 5. The number of carbonyl (C=O) groups is 1. The van der Waals surface area contributed by atoms with E-state index in [2.05, 4.69) is 10.2 Å². The van der Waals surface area contributed by atoms with Crippen LogP contribution in [0.15, 0.2) is 0 Å². The molecule has 0 spiro atoms. The van der Waals surface area contributed by atoms with Gasteiger partial charge in [-0.25, -0.2) is 0 Å². The van der Waals surface area contributed by atoms with E-state index in [1.165, 1.54) is 4.90 Å². The van der Waals surface area contributed by atoms with Crippen molar-refractivity contribution in [3.8, 4) is 0 Å². The molecule has 0 aliphatic rings. The van der Waals surface area contributed by atoms with Crippen molar-refractivity contribution in [1.29, 1.82) is 0 Å². The molecule has 16 heavy (non-hydrogen) atoms. The summed E-state index contributed by atoms with van der Waals surface area (Å²) in [7, 11) is 0. The van der Waals surface area contributed by atoms with Crippen LogP contribution in [0.25, 0.3) is 0 Å². The first kappa shape index (κ1) is 12.5. The predicted molar refractivity (Wildman–Crippen MR) is 61.0 cm³/mol. The maximum Gasteiger partial charge on any atom is 0.276 e. The van der Waals surface area contributed by atoms with E-state index in [9.17, 15) is 4.79 Å². The molecule has 0 aromatic carbocycles. The summed E-state index contributed by atoms with van der Waals surface area (Å²) in [5.41, 5.74) is 7.22. The highest BCUT2D eigenvalue weighted by molar-refractivity contribution is 5.97. The van der Waals surface area contributed by atoms with Crippen LogP contribution in [-0.4, -0.2) is 45.8 Å². The van der Waals surface area contributed by atoms with Gasteiger partial charge in [0.1, 0.15) is 0 Å². The third kappa shape index (κ3) is 2.33. The molecule has 1 heterocycles. The van der Waals surface area contributed by atoms with Crippen molar-refractivity contribution in [3.63, 3.8) is 0 Å². The third-order valence-corrected chi connectivity index (χ3v) is 2.48. The number of amides is 1. The topological polar surface area (TPSA) is 95.2 Å². The van der Waals surface area contributed by atoms with Crippen LogP contribution in [0.4, 0.5) is 5.69 Å². The first-order valence-corrected chi connectivity index (χ1v) is 5.38. The lowest BCUT2D eigenvalue weighted by molar-refractivity contribution is 0.0727. The fourth-order valence-corrected chi connectivity index (χ4v) is 1.49. The summed E-state index contributed by atoms with van der Waals surface area (Å²) < 4.78 is 0. The Morgan fingerprint density at radius 3 is 2.69 bits per heavy atom. The number of aliphatic hydroxyl groups is 1. The maximum atomic E-state index is 12.0. The smallest absolute Gasteiger partial charge is 0.276 e. The van der Waals surface area contributed by atoms with Crippen LogP contribution in [0.3, 0.4) is 0 Å². The van der Waals surface area contributed by atoms with E-state index in [-0.39, 0.29) is 18.2 Å².